The Balaban J connectivity index is 2.16. The minimum Gasteiger partial charge on any atom is -0.384 e. The van der Waals surface area contributed by atoms with Crippen molar-refractivity contribution in [2.45, 2.75) is 82.9 Å². The molecule has 0 aliphatic carbocycles. The van der Waals surface area contributed by atoms with Crippen LogP contribution in [0, 0.1) is 11.3 Å². The minimum atomic E-state index is -1.28. The molecule has 4 nitrogen and oxygen atoms in total. The van der Waals surface area contributed by atoms with Gasteiger partial charge in [0.25, 0.3) is 0 Å². The molecule has 0 bridgehead atoms. The number of nitrogens with zero attached hydrogens (tertiary/aromatic N) is 1. The number of nitriles is 1. The molecule has 2 rings (SSSR count). The molecule has 132 valence electrons. The summed E-state index contributed by atoms with van der Waals surface area (Å²) in [6, 6.07) is 11.5. The smallest absolute Gasteiger partial charge is 0.189 e. The molecule has 24 heavy (non-hydrogen) atoms. The number of hydrogen-bond acceptors (Lipinski definition) is 4. The van der Waals surface area contributed by atoms with Gasteiger partial charge in [0.15, 0.2) is 11.4 Å². The summed E-state index contributed by atoms with van der Waals surface area (Å²) in [4.78, 5) is 0. The van der Waals surface area contributed by atoms with Crippen LogP contribution < -0.4 is 0 Å². The summed E-state index contributed by atoms with van der Waals surface area (Å²) < 4.78 is 12.0. The van der Waals surface area contributed by atoms with Gasteiger partial charge in [0.1, 0.15) is 12.2 Å². The van der Waals surface area contributed by atoms with Crippen LogP contribution in [-0.2, 0) is 9.47 Å². The van der Waals surface area contributed by atoms with Gasteiger partial charge in [-0.1, -0.05) is 62.9 Å². The van der Waals surface area contributed by atoms with Crippen molar-refractivity contribution in [3.63, 3.8) is 0 Å². The molecule has 1 fully saturated rings. The lowest BCUT2D eigenvalue weighted by Gasteiger charge is -2.47. The van der Waals surface area contributed by atoms with Gasteiger partial charge in [0.05, 0.1) is 6.10 Å². The van der Waals surface area contributed by atoms with E-state index in [1.54, 1.807) is 0 Å². The molecule has 1 N–H and O–H groups in total. The summed E-state index contributed by atoms with van der Waals surface area (Å²) in [6.07, 6.45) is 4.83. The molecule has 1 aliphatic rings. The highest BCUT2D eigenvalue weighted by molar-refractivity contribution is 5.25. The van der Waals surface area contributed by atoms with Gasteiger partial charge in [0, 0.05) is 6.42 Å². The number of aliphatic hydroxyl groups excluding tert-OH is 1. The number of hydrogen-bond donors (Lipinski definition) is 1. The SMILES string of the molecule is CCCCCC[C@H]1C[C@](C#N)(C(O)c2ccccc2)OC(C)(C)O1. The Morgan fingerprint density at radius 2 is 1.96 bits per heavy atom. The molecule has 0 saturated carbocycles. The predicted molar refractivity (Wildman–Crippen MR) is 93.2 cm³/mol. The highest BCUT2D eigenvalue weighted by Crippen LogP contribution is 2.42. The number of unbranched alkanes of at least 4 members (excludes halogenated alkanes) is 3. The highest BCUT2D eigenvalue weighted by atomic mass is 16.7. The Morgan fingerprint density at radius 3 is 2.58 bits per heavy atom. The lowest BCUT2D eigenvalue weighted by atomic mass is 9.84. The fraction of sp³-hybridized carbons (Fsp3) is 0.650. The third-order valence-electron chi connectivity index (χ3n) is 4.54. The van der Waals surface area contributed by atoms with Gasteiger partial charge in [-0.05, 0) is 25.8 Å². The van der Waals surface area contributed by atoms with Crippen molar-refractivity contribution < 1.29 is 14.6 Å². The quantitative estimate of drug-likeness (QED) is 0.748. The Labute approximate surface area is 145 Å². The number of rotatable bonds is 7. The van der Waals surface area contributed by atoms with Crippen LogP contribution in [0.2, 0.25) is 0 Å². The molecular formula is C20H29NO3. The maximum atomic E-state index is 10.9. The predicted octanol–water partition coefficient (Wildman–Crippen LogP) is 4.49. The maximum absolute atomic E-state index is 10.9. The average Bonchev–Trinajstić information content (AvgIpc) is 2.57. The molecule has 0 amide bonds. The van der Waals surface area contributed by atoms with Crippen molar-refractivity contribution in [2.75, 3.05) is 0 Å². The van der Waals surface area contributed by atoms with Crippen LogP contribution >= 0.6 is 0 Å². The van der Waals surface area contributed by atoms with E-state index in [1.165, 1.54) is 19.3 Å². The van der Waals surface area contributed by atoms with Gasteiger partial charge in [-0.15, -0.1) is 0 Å². The normalized spacial score (nSPS) is 27.4. The van der Waals surface area contributed by atoms with Crippen LogP contribution in [-0.4, -0.2) is 22.6 Å². The van der Waals surface area contributed by atoms with Crippen LogP contribution in [0.1, 0.15) is 71.0 Å². The van der Waals surface area contributed by atoms with Crippen molar-refractivity contribution in [1.82, 2.24) is 0 Å². The van der Waals surface area contributed by atoms with Gasteiger partial charge in [0.2, 0.25) is 0 Å². The first kappa shape index (κ1) is 18.9. The van der Waals surface area contributed by atoms with Crippen LogP contribution in [0.25, 0.3) is 0 Å². The molecule has 0 spiro atoms. The Morgan fingerprint density at radius 1 is 1.25 bits per heavy atom. The molecule has 1 heterocycles. The van der Waals surface area contributed by atoms with E-state index in [2.05, 4.69) is 13.0 Å². The molecule has 4 heteroatoms. The summed E-state index contributed by atoms with van der Waals surface area (Å²) in [7, 11) is 0. The Kier molecular flexibility index (Phi) is 6.40. The van der Waals surface area contributed by atoms with Crippen LogP contribution in [0.4, 0.5) is 0 Å². The average molecular weight is 331 g/mol. The van der Waals surface area contributed by atoms with E-state index in [4.69, 9.17) is 9.47 Å². The largest absolute Gasteiger partial charge is 0.384 e. The van der Waals surface area contributed by atoms with E-state index >= 15 is 0 Å². The fourth-order valence-corrected chi connectivity index (χ4v) is 3.45. The molecule has 0 radical (unpaired) electrons. The molecule has 1 aliphatic heterocycles. The minimum absolute atomic E-state index is 0.0800. The Bertz CT molecular complexity index is 552. The summed E-state index contributed by atoms with van der Waals surface area (Å²) in [5, 5.41) is 20.7. The lowest BCUT2D eigenvalue weighted by Crippen LogP contribution is -2.54. The number of benzene rings is 1. The van der Waals surface area contributed by atoms with E-state index in [1.807, 2.05) is 44.2 Å². The van der Waals surface area contributed by atoms with E-state index in [9.17, 15) is 10.4 Å². The van der Waals surface area contributed by atoms with Gasteiger partial charge in [-0.3, -0.25) is 0 Å². The Hall–Kier alpha value is -1.41. The molecule has 1 saturated heterocycles. The maximum Gasteiger partial charge on any atom is 0.189 e. The fourth-order valence-electron chi connectivity index (χ4n) is 3.45. The molecule has 1 aromatic rings. The number of ether oxygens (including phenoxy) is 2. The van der Waals surface area contributed by atoms with Crippen molar-refractivity contribution >= 4 is 0 Å². The van der Waals surface area contributed by atoms with Gasteiger partial charge < -0.3 is 14.6 Å². The zero-order chi connectivity index (χ0) is 17.6. The standard InChI is InChI=1S/C20H29NO3/c1-4-5-6-10-13-17-14-20(15-21,24-19(2,3)23-17)18(22)16-11-8-7-9-12-16/h7-9,11-12,17-18,22H,4-6,10,13-14H2,1-3H3/t17-,18?,20-/m0/s1. The van der Waals surface area contributed by atoms with Crippen molar-refractivity contribution in [3.05, 3.63) is 35.9 Å². The van der Waals surface area contributed by atoms with Crippen LogP contribution in [0.5, 0.6) is 0 Å². The summed E-state index contributed by atoms with van der Waals surface area (Å²) in [5.74, 6) is -0.890. The van der Waals surface area contributed by atoms with Crippen LogP contribution in [0.3, 0.4) is 0 Å². The van der Waals surface area contributed by atoms with E-state index < -0.39 is 17.5 Å². The second-order valence-electron chi connectivity index (χ2n) is 7.11. The van der Waals surface area contributed by atoms with E-state index in [0.717, 1.165) is 12.8 Å². The third kappa shape index (κ3) is 4.57. The topological polar surface area (TPSA) is 62.5 Å². The van der Waals surface area contributed by atoms with Gasteiger partial charge >= 0.3 is 0 Å². The number of aliphatic hydroxyl groups is 1. The summed E-state index contributed by atoms with van der Waals surface area (Å²) in [6.45, 7) is 5.81. The van der Waals surface area contributed by atoms with E-state index in [-0.39, 0.29) is 6.10 Å². The van der Waals surface area contributed by atoms with Crippen LogP contribution in [0.15, 0.2) is 30.3 Å². The molecular weight excluding hydrogens is 302 g/mol. The van der Waals surface area contributed by atoms with Crippen molar-refractivity contribution in [2.24, 2.45) is 0 Å². The second-order valence-corrected chi connectivity index (χ2v) is 7.11. The zero-order valence-corrected chi connectivity index (χ0v) is 15.0. The zero-order valence-electron chi connectivity index (χ0n) is 15.0. The second kappa shape index (κ2) is 8.11. The lowest BCUT2D eigenvalue weighted by molar-refractivity contribution is -0.337. The molecule has 1 unspecified atom stereocenters. The third-order valence-corrected chi connectivity index (χ3v) is 4.54. The van der Waals surface area contributed by atoms with E-state index in [0.29, 0.717) is 12.0 Å². The monoisotopic (exact) mass is 331 g/mol. The van der Waals surface area contributed by atoms with Crippen molar-refractivity contribution in [3.8, 4) is 6.07 Å². The first-order valence-corrected chi connectivity index (χ1v) is 8.95. The first-order valence-electron chi connectivity index (χ1n) is 8.95. The molecule has 3 atom stereocenters. The van der Waals surface area contributed by atoms with Gasteiger partial charge in [-0.25, -0.2) is 0 Å². The first-order chi connectivity index (χ1) is 11.4. The molecule has 0 aromatic heterocycles. The highest BCUT2D eigenvalue weighted by Gasteiger charge is 2.51. The molecule has 1 aromatic carbocycles. The van der Waals surface area contributed by atoms with Gasteiger partial charge in [-0.2, -0.15) is 5.26 Å². The summed E-state index contributed by atoms with van der Waals surface area (Å²) in [5.41, 5.74) is -0.583. The van der Waals surface area contributed by atoms with Crippen molar-refractivity contribution in [1.29, 1.82) is 5.26 Å². The summed E-state index contributed by atoms with van der Waals surface area (Å²) >= 11 is 0.